The van der Waals surface area contributed by atoms with Gasteiger partial charge in [0.1, 0.15) is 16.9 Å². The summed E-state index contributed by atoms with van der Waals surface area (Å²) in [4.78, 5) is 8.62. The van der Waals surface area contributed by atoms with Crippen molar-refractivity contribution in [3.63, 3.8) is 0 Å². The molecule has 2 aromatic rings. The lowest BCUT2D eigenvalue weighted by Crippen LogP contribution is -2.10. The summed E-state index contributed by atoms with van der Waals surface area (Å²) in [6.45, 7) is 9.77. The molecule has 0 saturated carbocycles. The van der Waals surface area contributed by atoms with E-state index in [4.69, 9.17) is 11.6 Å². The van der Waals surface area contributed by atoms with Crippen molar-refractivity contribution in [2.75, 3.05) is 0 Å². The molecule has 1 aromatic carbocycles. The first kappa shape index (κ1) is 15.5. The Balaban J connectivity index is 2.70. The van der Waals surface area contributed by atoms with E-state index in [0.29, 0.717) is 16.7 Å². The zero-order valence-corrected chi connectivity index (χ0v) is 13.7. The number of aromatic nitrogens is 2. The van der Waals surface area contributed by atoms with Crippen molar-refractivity contribution in [3.05, 3.63) is 56.6 Å². The highest BCUT2D eigenvalue weighted by Gasteiger charge is 2.23. The maximum Gasteiger partial charge on any atom is 0.135 e. The van der Waals surface area contributed by atoms with Gasteiger partial charge < -0.3 is 0 Å². The molecule has 1 heterocycles. The van der Waals surface area contributed by atoms with Crippen molar-refractivity contribution in [2.24, 2.45) is 0 Å². The van der Waals surface area contributed by atoms with Crippen molar-refractivity contribution in [1.29, 1.82) is 5.26 Å². The summed E-state index contributed by atoms with van der Waals surface area (Å²) in [5.41, 5.74) is 5.88. The van der Waals surface area contributed by atoms with Gasteiger partial charge in [0.25, 0.3) is 0 Å². The van der Waals surface area contributed by atoms with Crippen molar-refractivity contribution >= 4 is 11.6 Å². The Labute approximate surface area is 130 Å². The van der Waals surface area contributed by atoms with Crippen LogP contribution in [-0.2, 0) is 0 Å². The molecule has 3 nitrogen and oxygen atoms in total. The molecule has 0 spiro atoms. The van der Waals surface area contributed by atoms with Crippen molar-refractivity contribution < 1.29 is 0 Å². The van der Waals surface area contributed by atoms with E-state index in [-0.39, 0.29) is 0 Å². The van der Waals surface area contributed by atoms with Crippen LogP contribution in [0.3, 0.4) is 0 Å². The molecular formula is C17H18ClN3. The molecule has 1 aromatic heterocycles. The Hall–Kier alpha value is -1.92. The minimum Gasteiger partial charge on any atom is -0.236 e. The fourth-order valence-corrected chi connectivity index (χ4v) is 3.02. The van der Waals surface area contributed by atoms with Crippen molar-refractivity contribution in [1.82, 2.24) is 9.97 Å². The van der Waals surface area contributed by atoms with Gasteiger partial charge in [0.05, 0.1) is 11.8 Å². The fourth-order valence-electron chi connectivity index (χ4n) is 2.80. The van der Waals surface area contributed by atoms with Gasteiger partial charge in [-0.15, -0.1) is 0 Å². The quantitative estimate of drug-likeness (QED) is 0.776. The van der Waals surface area contributed by atoms with Crippen LogP contribution in [0.4, 0.5) is 0 Å². The van der Waals surface area contributed by atoms with Crippen LogP contribution in [0.5, 0.6) is 0 Å². The number of hydrogen-bond acceptors (Lipinski definition) is 3. The molecule has 21 heavy (non-hydrogen) atoms. The molecule has 0 fully saturated rings. The molecule has 0 aliphatic heterocycles. The van der Waals surface area contributed by atoms with E-state index in [1.54, 1.807) is 6.92 Å². The van der Waals surface area contributed by atoms with Gasteiger partial charge >= 0.3 is 0 Å². The Morgan fingerprint density at radius 3 is 2.14 bits per heavy atom. The second kappa shape index (κ2) is 5.83. The van der Waals surface area contributed by atoms with E-state index >= 15 is 0 Å². The SMILES string of the molecule is Cc1cc(C)c(C(C#N)c2nc(C)nc(Cl)c2C)c(C)c1. The van der Waals surface area contributed by atoms with Gasteiger partial charge in [-0.1, -0.05) is 29.3 Å². The standard InChI is InChI=1S/C17H18ClN3/c1-9-6-10(2)15(11(3)7-9)14(8-19)16-12(4)17(18)21-13(5)20-16/h6-7,14H,1-5H3. The normalized spacial score (nSPS) is 12.0. The summed E-state index contributed by atoms with van der Waals surface area (Å²) in [5, 5.41) is 10.1. The van der Waals surface area contributed by atoms with Gasteiger partial charge in [-0.3, -0.25) is 0 Å². The highest BCUT2D eigenvalue weighted by molar-refractivity contribution is 6.30. The van der Waals surface area contributed by atoms with Crippen LogP contribution in [0.25, 0.3) is 0 Å². The number of benzene rings is 1. The van der Waals surface area contributed by atoms with E-state index in [1.807, 2.05) is 20.8 Å². The fraction of sp³-hybridized carbons (Fsp3) is 0.353. The maximum atomic E-state index is 9.70. The van der Waals surface area contributed by atoms with Gasteiger partial charge in [0, 0.05) is 5.56 Å². The van der Waals surface area contributed by atoms with E-state index in [1.165, 1.54) is 5.56 Å². The van der Waals surface area contributed by atoms with Crippen LogP contribution in [0.2, 0.25) is 5.15 Å². The average molecular weight is 300 g/mol. The van der Waals surface area contributed by atoms with Crippen molar-refractivity contribution in [2.45, 2.75) is 40.5 Å². The summed E-state index contributed by atoms with van der Waals surface area (Å²) in [5.74, 6) is 0.160. The molecule has 1 atom stereocenters. The predicted octanol–water partition coefficient (Wildman–Crippen LogP) is 4.33. The molecule has 1 unspecified atom stereocenters. The second-order valence-corrected chi connectivity index (χ2v) is 5.80. The van der Waals surface area contributed by atoms with Gasteiger partial charge in [0.2, 0.25) is 0 Å². The first-order chi connectivity index (χ1) is 9.85. The van der Waals surface area contributed by atoms with Crippen LogP contribution < -0.4 is 0 Å². The molecule has 0 saturated heterocycles. The molecule has 2 rings (SSSR count). The Kier molecular flexibility index (Phi) is 4.29. The lowest BCUT2D eigenvalue weighted by Gasteiger charge is -2.18. The third-order valence-corrected chi connectivity index (χ3v) is 4.03. The minimum atomic E-state index is -0.426. The minimum absolute atomic E-state index is 0.417. The third-order valence-electron chi connectivity index (χ3n) is 3.67. The molecule has 4 heteroatoms. The number of aryl methyl sites for hydroxylation is 4. The Morgan fingerprint density at radius 2 is 1.62 bits per heavy atom. The van der Waals surface area contributed by atoms with Gasteiger partial charge in [-0.05, 0) is 51.3 Å². The third kappa shape index (κ3) is 2.91. The van der Waals surface area contributed by atoms with Gasteiger partial charge in [-0.2, -0.15) is 5.26 Å². The highest BCUT2D eigenvalue weighted by Crippen LogP contribution is 2.32. The van der Waals surface area contributed by atoms with Crippen LogP contribution in [-0.4, -0.2) is 9.97 Å². The maximum absolute atomic E-state index is 9.70. The summed E-state index contributed by atoms with van der Waals surface area (Å²) >= 11 is 6.15. The van der Waals surface area contributed by atoms with Crippen molar-refractivity contribution in [3.8, 4) is 6.07 Å². The molecule has 0 bridgehead atoms. The first-order valence-corrected chi connectivity index (χ1v) is 7.21. The second-order valence-electron chi connectivity index (χ2n) is 5.45. The first-order valence-electron chi connectivity index (χ1n) is 6.83. The zero-order valence-electron chi connectivity index (χ0n) is 13.0. The Morgan fingerprint density at radius 1 is 1.05 bits per heavy atom. The average Bonchev–Trinajstić information content (AvgIpc) is 2.38. The lowest BCUT2D eigenvalue weighted by atomic mass is 9.87. The van der Waals surface area contributed by atoms with Gasteiger partial charge in [-0.25, -0.2) is 9.97 Å². The van der Waals surface area contributed by atoms with Crippen LogP contribution in [0.1, 0.15) is 45.3 Å². The predicted molar refractivity (Wildman–Crippen MR) is 84.6 cm³/mol. The summed E-state index contributed by atoms with van der Waals surface area (Å²) in [7, 11) is 0. The van der Waals surface area contributed by atoms with E-state index in [9.17, 15) is 5.26 Å². The molecule has 108 valence electrons. The van der Waals surface area contributed by atoms with Gasteiger partial charge in [0.15, 0.2) is 0 Å². The van der Waals surface area contributed by atoms with Crippen LogP contribution in [0, 0.1) is 45.9 Å². The summed E-state index contributed by atoms with van der Waals surface area (Å²) in [6, 6.07) is 6.57. The molecular weight excluding hydrogens is 282 g/mol. The van der Waals surface area contributed by atoms with E-state index < -0.39 is 5.92 Å². The number of nitrogens with zero attached hydrogens (tertiary/aromatic N) is 3. The molecule has 0 amide bonds. The van der Waals surface area contributed by atoms with Crippen LogP contribution in [0.15, 0.2) is 12.1 Å². The largest absolute Gasteiger partial charge is 0.236 e. The van der Waals surface area contributed by atoms with E-state index in [2.05, 4.69) is 35.1 Å². The molecule has 0 N–H and O–H groups in total. The Bertz CT molecular complexity index is 721. The zero-order chi connectivity index (χ0) is 15.7. The number of halogens is 1. The topological polar surface area (TPSA) is 49.6 Å². The number of rotatable bonds is 2. The number of nitriles is 1. The molecule has 0 aliphatic carbocycles. The van der Waals surface area contributed by atoms with E-state index in [0.717, 1.165) is 22.3 Å². The highest BCUT2D eigenvalue weighted by atomic mass is 35.5. The molecule has 0 radical (unpaired) electrons. The smallest absolute Gasteiger partial charge is 0.135 e. The summed E-state index contributed by atoms with van der Waals surface area (Å²) < 4.78 is 0. The number of hydrogen-bond donors (Lipinski definition) is 0. The molecule has 0 aliphatic rings. The monoisotopic (exact) mass is 299 g/mol. The lowest BCUT2D eigenvalue weighted by molar-refractivity contribution is 0.878. The van der Waals surface area contributed by atoms with Crippen LogP contribution >= 0.6 is 11.6 Å². The summed E-state index contributed by atoms with van der Waals surface area (Å²) in [6.07, 6.45) is 0.